The Morgan fingerprint density at radius 2 is 2.11 bits per heavy atom. The molecule has 1 aromatic carbocycles. The molecule has 19 heavy (non-hydrogen) atoms. The maximum Gasteiger partial charge on any atom is 0.133 e. The topological polar surface area (TPSA) is 34.2 Å². The predicted octanol–water partition coefficient (Wildman–Crippen LogP) is 3.85. The summed E-state index contributed by atoms with van der Waals surface area (Å²) in [4.78, 5) is 4.48. The van der Waals surface area contributed by atoms with Gasteiger partial charge in [0, 0.05) is 23.5 Å². The van der Waals surface area contributed by atoms with Crippen molar-refractivity contribution >= 4 is 16.6 Å². The summed E-state index contributed by atoms with van der Waals surface area (Å²) in [6.07, 6.45) is 5.77. The second-order valence-electron chi connectivity index (χ2n) is 5.42. The van der Waals surface area contributed by atoms with Crippen molar-refractivity contribution in [2.75, 3.05) is 19.0 Å². The lowest BCUT2D eigenvalue weighted by Gasteiger charge is -2.15. The molecule has 2 aromatic rings. The average Bonchev–Trinajstić information content (AvgIpc) is 3.25. The molecule has 0 radical (unpaired) electrons. The molecule has 1 aromatic heterocycles. The largest absolute Gasteiger partial charge is 0.496 e. The Morgan fingerprint density at radius 1 is 1.26 bits per heavy atom. The van der Waals surface area contributed by atoms with Gasteiger partial charge >= 0.3 is 0 Å². The standard InChI is InChI=1S/C16H20N2O/c1-3-16(8-9-16)11-18-15-13-5-4-6-14(19-2)12(13)7-10-17-15/h4-7,10H,3,8-9,11H2,1-2H3,(H,17,18). The second kappa shape index (κ2) is 4.72. The van der Waals surface area contributed by atoms with Gasteiger partial charge in [-0.25, -0.2) is 4.98 Å². The van der Waals surface area contributed by atoms with Gasteiger partial charge in [0.15, 0.2) is 0 Å². The van der Waals surface area contributed by atoms with Gasteiger partial charge in [0.05, 0.1) is 7.11 Å². The van der Waals surface area contributed by atoms with E-state index in [9.17, 15) is 0 Å². The van der Waals surface area contributed by atoms with Crippen LogP contribution in [0.25, 0.3) is 10.8 Å². The van der Waals surface area contributed by atoms with Crippen LogP contribution in [0, 0.1) is 5.41 Å². The van der Waals surface area contributed by atoms with Crippen LogP contribution in [0.2, 0.25) is 0 Å². The Bertz CT molecular complexity index is 590. The molecule has 0 bridgehead atoms. The average molecular weight is 256 g/mol. The Hall–Kier alpha value is -1.77. The van der Waals surface area contributed by atoms with Gasteiger partial charge < -0.3 is 10.1 Å². The third kappa shape index (κ3) is 2.25. The number of hydrogen-bond acceptors (Lipinski definition) is 3. The van der Waals surface area contributed by atoms with Crippen molar-refractivity contribution < 1.29 is 4.74 Å². The maximum atomic E-state index is 5.41. The molecule has 0 amide bonds. The predicted molar refractivity (Wildman–Crippen MR) is 78.7 cm³/mol. The molecule has 0 aliphatic heterocycles. The Morgan fingerprint density at radius 3 is 2.79 bits per heavy atom. The molecule has 1 aliphatic rings. The fraction of sp³-hybridized carbons (Fsp3) is 0.438. The summed E-state index contributed by atoms with van der Waals surface area (Å²) in [7, 11) is 1.71. The highest BCUT2D eigenvalue weighted by molar-refractivity contribution is 5.95. The van der Waals surface area contributed by atoms with Crippen LogP contribution >= 0.6 is 0 Å². The summed E-state index contributed by atoms with van der Waals surface area (Å²) in [5.41, 5.74) is 0.517. The zero-order valence-electron chi connectivity index (χ0n) is 11.6. The lowest BCUT2D eigenvalue weighted by atomic mass is 10.0. The molecule has 3 rings (SSSR count). The number of rotatable bonds is 5. The van der Waals surface area contributed by atoms with E-state index in [1.807, 2.05) is 24.4 Å². The van der Waals surface area contributed by atoms with E-state index in [4.69, 9.17) is 4.74 Å². The molecule has 0 saturated heterocycles. The van der Waals surface area contributed by atoms with E-state index in [1.165, 1.54) is 19.3 Å². The van der Waals surface area contributed by atoms with E-state index < -0.39 is 0 Å². The van der Waals surface area contributed by atoms with E-state index in [0.717, 1.165) is 28.9 Å². The second-order valence-corrected chi connectivity index (χ2v) is 5.42. The van der Waals surface area contributed by atoms with Crippen LogP contribution in [0.5, 0.6) is 5.75 Å². The molecule has 3 heteroatoms. The fourth-order valence-electron chi connectivity index (χ4n) is 2.60. The van der Waals surface area contributed by atoms with Crippen LogP contribution in [-0.2, 0) is 0 Å². The van der Waals surface area contributed by atoms with Crippen molar-refractivity contribution in [3.63, 3.8) is 0 Å². The molecular weight excluding hydrogens is 236 g/mol. The van der Waals surface area contributed by atoms with Crippen molar-refractivity contribution in [1.82, 2.24) is 4.98 Å². The molecule has 1 fully saturated rings. The first-order valence-corrected chi connectivity index (χ1v) is 6.94. The third-order valence-corrected chi connectivity index (χ3v) is 4.32. The van der Waals surface area contributed by atoms with Crippen LogP contribution in [-0.4, -0.2) is 18.6 Å². The highest BCUT2D eigenvalue weighted by Crippen LogP contribution is 2.48. The number of fused-ring (bicyclic) bond motifs is 1. The number of nitrogens with one attached hydrogen (secondary N) is 1. The number of nitrogens with zero attached hydrogens (tertiary/aromatic N) is 1. The molecule has 1 N–H and O–H groups in total. The molecule has 0 unspecified atom stereocenters. The quantitative estimate of drug-likeness (QED) is 0.882. The molecule has 1 aliphatic carbocycles. The molecule has 0 spiro atoms. The van der Waals surface area contributed by atoms with E-state index in [0.29, 0.717) is 5.41 Å². The Kier molecular flexibility index (Phi) is 3.05. The zero-order valence-corrected chi connectivity index (χ0v) is 11.6. The van der Waals surface area contributed by atoms with Gasteiger partial charge in [-0.15, -0.1) is 0 Å². The van der Waals surface area contributed by atoms with Crippen LogP contribution in [0.1, 0.15) is 26.2 Å². The molecule has 1 saturated carbocycles. The van der Waals surface area contributed by atoms with E-state index in [-0.39, 0.29) is 0 Å². The van der Waals surface area contributed by atoms with E-state index >= 15 is 0 Å². The molecule has 3 nitrogen and oxygen atoms in total. The van der Waals surface area contributed by atoms with Gasteiger partial charge in [0.25, 0.3) is 0 Å². The van der Waals surface area contributed by atoms with Crippen molar-refractivity contribution in [2.24, 2.45) is 5.41 Å². The van der Waals surface area contributed by atoms with Crippen LogP contribution in [0.3, 0.4) is 0 Å². The van der Waals surface area contributed by atoms with Crippen molar-refractivity contribution in [3.8, 4) is 5.75 Å². The van der Waals surface area contributed by atoms with Gasteiger partial charge in [-0.1, -0.05) is 19.1 Å². The molecule has 0 atom stereocenters. The van der Waals surface area contributed by atoms with Crippen molar-refractivity contribution in [1.29, 1.82) is 0 Å². The molecule has 100 valence electrons. The van der Waals surface area contributed by atoms with Gasteiger partial charge in [-0.2, -0.15) is 0 Å². The first-order valence-electron chi connectivity index (χ1n) is 6.94. The smallest absolute Gasteiger partial charge is 0.133 e. The van der Waals surface area contributed by atoms with E-state index in [1.54, 1.807) is 7.11 Å². The molecular formula is C16H20N2O. The number of hydrogen-bond donors (Lipinski definition) is 1. The zero-order chi connectivity index (χ0) is 13.3. The number of benzene rings is 1. The maximum absolute atomic E-state index is 5.41. The summed E-state index contributed by atoms with van der Waals surface area (Å²) < 4.78 is 5.41. The summed E-state index contributed by atoms with van der Waals surface area (Å²) >= 11 is 0. The summed E-state index contributed by atoms with van der Waals surface area (Å²) in [5.74, 6) is 1.87. The SMILES string of the molecule is CCC1(CNc2nccc3c(OC)cccc23)CC1. The minimum absolute atomic E-state index is 0.517. The minimum atomic E-state index is 0.517. The van der Waals surface area contributed by atoms with Crippen molar-refractivity contribution in [2.45, 2.75) is 26.2 Å². The minimum Gasteiger partial charge on any atom is -0.496 e. The Labute approximate surface area is 114 Å². The van der Waals surface area contributed by atoms with E-state index in [2.05, 4.69) is 23.3 Å². The van der Waals surface area contributed by atoms with Gasteiger partial charge in [-0.3, -0.25) is 0 Å². The summed E-state index contributed by atoms with van der Waals surface area (Å²) in [6.45, 7) is 3.29. The van der Waals surface area contributed by atoms with Gasteiger partial charge in [0.2, 0.25) is 0 Å². The van der Waals surface area contributed by atoms with Crippen molar-refractivity contribution in [3.05, 3.63) is 30.5 Å². The third-order valence-electron chi connectivity index (χ3n) is 4.32. The molecule has 1 heterocycles. The monoisotopic (exact) mass is 256 g/mol. The first-order chi connectivity index (χ1) is 9.28. The fourth-order valence-corrected chi connectivity index (χ4v) is 2.60. The summed E-state index contributed by atoms with van der Waals surface area (Å²) in [5, 5.41) is 5.77. The van der Waals surface area contributed by atoms with Crippen LogP contribution in [0.4, 0.5) is 5.82 Å². The highest BCUT2D eigenvalue weighted by Gasteiger charge is 2.40. The summed E-state index contributed by atoms with van der Waals surface area (Å²) in [6, 6.07) is 8.10. The van der Waals surface area contributed by atoms with Gasteiger partial charge in [0.1, 0.15) is 11.6 Å². The normalized spacial score (nSPS) is 16.3. The highest BCUT2D eigenvalue weighted by atomic mass is 16.5. The number of ether oxygens (including phenoxy) is 1. The lowest BCUT2D eigenvalue weighted by molar-refractivity contribution is 0.420. The first kappa shape index (κ1) is 12.3. The van der Waals surface area contributed by atoms with Crippen LogP contribution in [0.15, 0.2) is 30.5 Å². The number of methoxy groups -OCH3 is 1. The number of anilines is 1. The Balaban J connectivity index is 1.91. The number of aromatic nitrogens is 1. The number of pyridine rings is 1. The van der Waals surface area contributed by atoms with Crippen LogP contribution < -0.4 is 10.1 Å². The van der Waals surface area contributed by atoms with Gasteiger partial charge in [-0.05, 0) is 36.8 Å². The lowest BCUT2D eigenvalue weighted by Crippen LogP contribution is -2.15.